The minimum Gasteiger partial charge on any atom is -0.0616 e. The Kier molecular flexibility index (Phi) is 3.67. The van der Waals surface area contributed by atoms with Crippen LogP contribution in [0, 0.1) is 0 Å². The molecule has 0 fully saturated rings. The van der Waals surface area contributed by atoms with Crippen molar-refractivity contribution in [2.24, 2.45) is 0 Å². The van der Waals surface area contributed by atoms with Gasteiger partial charge in [-0.3, -0.25) is 0 Å². The van der Waals surface area contributed by atoms with E-state index < -0.39 is 0 Å². The summed E-state index contributed by atoms with van der Waals surface area (Å²) in [5, 5.41) is 16.2. The molecular weight excluding hydrogens is 504 g/mol. The summed E-state index contributed by atoms with van der Waals surface area (Å²) in [6, 6.07) is 50.4. The molecule has 11 rings (SSSR count). The van der Waals surface area contributed by atoms with Gasteiger partial charge in [0.25, 0.3) is 0 Å². The van der Waals surface area contributed by atoms with Crippen LogP contribution in [0.25, 0.3) is 109 Å². The molecule has 0 heteroatoms. The van der Waals surface area contributed by atoms with Gasteiger partial charge in [-0.1, -0.05) is 121 Å². The van der Waals surface area contributed by atoms with Gasteiger partial charge in [0.05, 0.1) is 0 Å². The van der Waals surface area contributed by atoms with Crippen molar-refractivity contribution in [1.29, 1.82) is 0 Å². The molecule has 0 N–H and O–H groups in total. The highest BCUT2D eigenvalue weighted by atomic mass is 14.3. The minimum absolute atomic E-state index is 1.31. The first-order valence-electron chi connectivity index (χ1n) is 14.8. The third-order valence-corrected chi connectivity index (χ3v) is 10.1. The Balaban J connectivity index is 1.31. The minimum atomic E-state index is 1.31. The molecule has 0 bridgehead atoms. The number of benzene rings is 9. The molecule has 2 aliphatic carbocycles. The van der Waals surface area contributed by atoms with Crippen LogP contribution < -0.4 is 0 Å². The van der Waals surface area contributed by atoms with E-state index in [1.807, 2.05) is 0 Å². The van der Waals surface area contributed by atoms with E-state index in [1.54, 1.807) is 0 Å². The number of rotatable bonds is 1. The van der Waals surface area contributed by atoms with Crippen LogP contribution in [0.4, 0.5) is 0 Å². The summed E-state index contributed by atoms with van der Waals surface area (Å²) < 4.78 is 0. The fourth-order valence-corrected chi connectivity index (χ4v) is 8.39. The lowest BCUT2D eigenvalue weighted by molar-refractivity contribution is 1.70. The second kappa shape index (κ2) is 7.24. The molecular formula is C42H22. The first-order valence-corrected chi connectivity index (χ1v) is 14.8. The monoisotopic (exact) mass is 526 g/mol. The van der Waals surface area contributed by atoms with Gasteiger partial charge in [-0.25, -0.2) is 0 Å². The van der Waals surface area contributed by atoms with Crippen LogP contribution >= 0.6 is 0 Å². The van der Waals surface area contributed by atoms with Crippen LogP contribution in [0.2, 0.25) is 0 Å². The first kappa shape index (κ1) is 21.3. The highest BCUT2D eigenvalue weighted by Gasteiger charge is 2.25. The van der Waals surface area contributed by atoms with Gasteiger partial charge in [0.2, 0.25) is 0 Å². The Bertz CT molecular complexity index is 2720. The van der Waals surface area contributed by atoms with Crippen molar-refractivity contribution in [1.82, 2.24) is 0 Å². The molecule has 0 radical (unpaired) electrons. The lowest BCUT2D eigenvalue weighted by Crippen LogP contribution is -1.89. The molecule has 0 amide bonds. The summed E-state index contributed by atoms with van der Waals surface area (Å²) in [7, 11) is 0. The average Bonchev–Trinajstić information content (AvgIpc) is 3.57. The van der Waals surface area contributed by atoms with Crippen molar-refractivity contribution in [3.63, 3.8) is 0 Å². The molecule has 0 spiro atoms. The molecule has 0 saturated heterocycles. The predicted molar refractivity (Wildman–Crippen MR) is 180 cm³/mol. The van der Waals surface area contributed by atoms with E-state index in [4.69, 9.17) is 0 Å². The number of fused-ring (bicyclic) bond motifs is 8. The maximum absolute atomic E-state index is 2.48. The van der Waals surface area contributed by atoms with Crippen molar-refractivity contribution in [3.05, 3.63) is 133 Å². The molecule has 0 atom stereocenters. The van der Waals surface area contributed by atoms with Crippen molar-refractivity contribution < 1.29 is 0 Å². The summed E-state index contributed by atoms with van der Waals surface area (Å²) >= 11 is 0. The van der Waals surface area contributed by atoms with Crippen molar-refractivity contribution in [3.8, 4) is 44.5 Å². The quantitative estimate of drug-likeness (QED) is 0.187. The molecule has 9 aromatic rings. The molecule has 0 saturated carbocycles. The zero-order chi connectivity index (χ0) is 27.1. The van der Waals surface area contributed by atoms with Gasteiger partial charge in [0.15, 0.2) is 0 Å². The topological polar surface area (TPSA) is 0 Å². The van der Waals surface area contributed by atoms with Crippen molar-refractivity contribution in [2.75, 3.05) is 0 Å². The lowest BCUT2D eigenvalue weighted by atomic mass is 9.87. The van der Waals surface area contributed by atoms with Crippen molar-refractivity contribution in [2.45, 2.75) is 0 Å². The fraction of sp³-hybridized carbons (Fsp3) is 0. The average molecular weight is 527 g/mol. The zero-order valence-electron chi connectivity index (χ0n) is 22.7. The molecule has 2 aliphatic rings. The standard InChI is InChI=1S/C42H22/c1-4-11-28-25(8-1)30-13-6-14-32-37-21-35(26-9-2-3-10-27(26)36(37)22-38(28)41(30)32)29-19-20-34-31-12-5-7-23-15-16-24-17-18-33(29)42(34)40(24)39(23)31/h1-22H. The second-order valence-electron chi connectivity index (χ2n) is 12.0. The van der Waals surface area contributed by atoms with E-state index in [9.17, 15) is 0 Å². The summed E-state index contributed by atoms with van der Waals surface area (Å²) in [6.07, 6.45) is 0. The maximum Gasteiger partial charge on any atom is -0.00139 e. The van der Waals surface area contributed by atoms with Gasteiger partial charge in [0.1, 0.15) is 0 Å². The van der Waals surface area contributed by atoms with Gasteiger partial charge in [0, 0.05) is 0 Å². The van der Waals surface area contributed by atoms with Gasteiger partial charge in [-0.05, 0) is 121 Å². The molecule has 0 heterocycles. The zero-order valence-corrected chi connectivity index (χ0v) is 22.7. The number of hydrogen-bond acceptors (Lipinski definition) is 0. The molecule has 190 valence electrons. The largest absolute Gasteiger partial charge is 0.0616 e. The number of hydrogen-bond donors (Lipinski definition) is 0. The fourth-order valence-electron chi connectivity index (χ4n) is 8.39. The van der Waals surface area contributed by atoms with Crippen LogP contribution in [0.1, 0.15) is 0 Å². The highest BCUT2D eigenvalue weighted by molar-refractivity contribution is 6.35. The van der Waals surface area contributed by atoms with E-state index in [0.29, 0.717) is 0 Å². The summed E-state index contributed by atoms with van der Waals surface area (Å²) in [5.74, 6) is 0. The van der Waals surface area contributed by atoms with E-state index in [1.165, 1.54) is 109 Å². The second-order valence-corrected chi connectivity index (χ2v) is 12.0. The SMILES string of the molecule is c1ccc2c(c1)-c1cccc3c1c-2cc1c2ccccc2c(-c2ccc4c5c2ccc2ccc6cccc-4c6c25)cc31. The molecule has 0 aliphatic heterocycles. The van der Waals surface area contributed by atoms with Crippen LogP contribution in [0.15, 0.2) is 133 Å². The maximum atomic E-state index is 2.48. The Labute approximate surface area is 242 Å². The smallest absolute Gasteiger partial charge is 0.00139 e. The Hall–Kier alpha value is -5.46. The van der Waals surface area contributed by atoms with Crippen LogP contribution in [-0.2, 0) is 0 Å². The Morgan fingerprint density at radius 1 is 0.214 bits per heavy atom. The molecule has 0 unspecified atom stereocenters. The van der Waals surface area contributed by atoms with Crippen LogP contribution in [0.5, 0.6) is 0 Å². The predicted octanol–water partition coefficient (Wildman–Crippen LogP) is 11.9. The normalized spacial score (nSPS) is 12.8. The Morgan fingerprint density at radius 3 is 1.67 bits per heavy atom. The van der Waals surface area contributed by atoms with E-state index in [0.717, 1.165) is 0 Å². The van der Waals surface area contributed by atoms with Crippen LogP contribution in [-0.4, -0.2) is 0 Å². The van der Waals surface area contributed by atoms with E-state index in [2.05, 4.69) is 133 Å². The van der Waals surface area contributed by atoms with Crippen LogP contribution in [0.3, 0.4) is 0 Å². The molecule has 9 aromatic carbocycles. The molecule has 0 aromatic heterocycles. The summed E-state index contributed by atoms with van der Waals surface area (Å²) in [5.41, 5.74) is 10.7. The summed E-state index contributed by atoms with van der Waals surface area (Å²) in [4.78, 5) is 0. The van der Waals surface area contributed by atoms with E-state index in [-0.39, 0.29) is 0 Å². The summed E-state index contributed by atoms with van der Waals surface area (Å²) in [6.45, 7) is 0. The molecule has 42 heavy (non-hydrogen) atoms. The van der Waals surface area contributed by atoms with Crippen molar-refractivity contribution >= 4 is 64.6 Å². The van der Waals surface area contributed by atoms with Gasteiger partial charge >= 0.3 is 0 Å². The Morgan fingerprint density at radius 2 is 0.786 bits per heavy atom. The third-order valence-electron chi connectivity index (χ3n) is 10.1. The molecule has 0 nitrogen and oxygen atoms in total. The van der Waals surface area contributed by atoms with E-state index >= 15 is 0 Å². The third kappa shape index (κ3) is 2.39. The van der Waals surface area contributed by atoms with Gasteiger partial charge in [-0.2, -0.15) is 0 Å². The van der Waals surface area contributed by atoms with Gasteiger partial charge < -0.3 is 0 Å². The first-order chi connectivity index (χ1) is 20.8. The lowest BCUT2D eigenvalue weighted by Gasteiger charge is -2.16. The van der Waals surface area contributed by atoms with Gasteiger partial charge in [-0.15, -0.1) is 0 Å². The highest BCUT2D eigenvalue weighted by Crippen LogP contribution is 2.53.